The Bertz CT molecular complexity index is 1420. The van der Waals surface area contributed by atoms with Gasteiger partial charge in [-0.2, -0.15) is 0 Å². The van der Waals surface area contributed by atoms with Crippen molar-refractivity contribution in [3.63, 3.8) is 0 Å². The van der Waals surface area contributed by atoms with Gasteiger partial charge in [0.05, 0.1) is 17.8 Å². The quantitative estimate of drug-likeness (QED) is 0.309. The summed E-state index contributed by atoms with van der Waals surface area (Å²) >= 11 is 1.49. The van der Waals surface area contributed by atoms with Crippen LogP contribution >= 0.6 is 11.8 Å². The van der Waals surface area contributed by atoms with E-state index in [1.54, 1.807) is 0 Å². The molecule has 210 valence electrons. The number of aromatic nitrogens is 2. The van der Waals surface area contributed by atoms with Crippen molar-refractivity contribution >= 4 is 28.6 Å². The van der Waals surface area contributed by atoms with Crippen molar-refractivity contribution in [1.82, 2.24) is 14.9 Å². The van der Waals surface area contributed by atoms with Crippen molar-refractivity contribution in [2.45, 2.75) is 94.9 Å². The average Bonchev–Trinajstić information content (AvgIpc) is 3.18. The number of rotatable bonds is 8. The first-order chi connectivity index (χ1) is 18.6. The Morgan fingerprint density at radius 1 is 1.18 bits per heavy atom. The standard InChI is InChI=1S/C30H37F2N3O3S/c1-17-13-26(39-4)24(28(36)34-17)16-33-29(37)27-19(3)35(25-8-6-5-7-23(25)27)18(2)20-9-11-21(12-10-20)38-22-14-30(31,32)15-22/h5-8,13,18,20-22H,9-12,14-16H2,1-4H3,(H,33,37)(H,34,36)/t18-,20?,21?/m1/s1. The summed E-state index contributed by atoms with van der Waals surface area (Å²) in [5, 5.41) is 3.89. The minimum atomic E-state index is -2.56. The summed E-state index contributed by atoms with van der Waals surface area (Å²) in [6.45, 7) is 6.19. The van der Waals surface area contributed by atoms with Gasteiger partial charge in [0, 0.05) is 58.2 Å². The zero-order valence-corrected chi connectivity index (χ0v) is 23.8. The van der Waals surface area contributed by atoms with E-state index in [2.05, 4.69) is 27.9 Å². The molecule has 1 aromatic carbocycles. The lowest BCUT2D eigenvalue weighted by Gasteiger charge is -2.40. The van der Waals surface area contributed by atoms with E-state index in [1.165, 1.54) is 11.8 Å². The Balaban J connectivity index is 1.32. The number of benzene rings is 1. The summed E-state index contributed by atoms with van der Waals surface area (Å²) in [6, 6.07) is 10.0. The van der Waals surface area contributed by atoms with E-state index in [1.807, 2.05) is 44.4 Å². The van der Waals surface area contributed by atoms with E-state index in [0.29, 0.717) is 17.0 Å². The molecule has 1 atom stereocenters. The zero-order valence-electron chi connectivity index (χ0n) is 23.0. The molecule has 2 N–H and O–H groups in total. The maximum Gasteiger partial charge on any atom is 0.254 e. The topological polar surface area (TPSA) is 76.1 Å². The molecule has 3 aromatic rings. The molecule has 2 aliphatic carbocycles. The molecule has 0 aliphatic heterocycles. The number of ether oxygens (including phenoxy) is 1. The van der Waals surface area contributed by atoms with Gasteiger partial charge in [0.1, 0.15) is 0 Å². The summed E-state index contributed by atoms with van der Waals surface area (Å²) in [6.07, 6.45) is 5.00. The van der Waals surface area contributed by atoms with Gasteiger partial charge in [-0.15, -0.1) is 11.8 Å². The van der Waals surface area contributed by atoms with E-state index in [0.717, 1.165) is 52.9 Å². The van der Waals surface area contributed by atoms with E-state index < -0.39 is 5.92 Å². The molecule has 39 heavy (non-hydrogen) atoms. The maximum absolute atomic E-state index is 13.6. The number of H-pyrrole nitrogens is 1. The molecular formula is C30H37F2N3O3S. The zero-order chi connectivity index (χ0) is 27.9. The number of aryl methyl sites for hydroxylation is 1. The first kappa shape index (κ1) is 27.9. The number of carbonyl (C=O) groups is 1. The lowest BCUT2D eigenvalue weighted by Crippen LogP contribution is -2.43. The fourth-order valence-corrected chi connectivity index (χ4v) is 7.09. The molecule has 9 heteroatoms. The molecule has 5 rings (SSSR count). The highest BCUT2D eigenvalue weighted by Gasteiger charge is 2.47. The average molecular weight is 558 g/mol. The molecule has 0 unspecified atom stereocenters. The van der Waals surface area contributed by atoms with E-state index in [4.69, 9.17) is 4.74 Å². The van der Waals surface area contributed by atoms with Crippen LogP contribution in [0.4, 0.5) is 8.78 Å². The fraction of sp³-hybridized carbons (Fsp3) is 0.533. The number of pyridine rings is 1. The highest BCUT2D eigenvalue weighted by molar-refractivity contribution is 7.98. The minimum Gasteiger partial charge on any atom is -0.375 e. The highest BCUT2D eigenvalue weighted by Crippen LogP contribution is 2.43. The van der Waals surface area contributed by atoms with Crippen LogP contribution < -0.4 is 10.9 Å². The third-order valence-corrected chi connectivity index (χ3v) is 9.31. The third-order valence-electron chi connectivity index (χ3n) is 8.50. The minimum absolute atomic E-state index is 0.0505. The summed E-state index contributed by atoms with van der Waals surface area (Å²) in [5.41, 5.74) is 3.71. The first-order valence-corrected chi connectivity index (χ1v) is 15.0. The molecular weight excluding hydrogens is 520 g/mol. The molecule has 2 heterocycles. The van der Waals surface area contributed by atoms with Crippen molar-refractivity contribution in [2.75, 3.05) is 6.26 Å². The Morgan fingerprint density at radius 2 is 1.87 bits per heavy atom. The van der Waals surface area contributed by atoms with Gasteiger partial charge in [-0.05, 0) is 70.8 Å². The fourth-order valence-electron chi connectivity index (χ4n) is 6.39. The van der Waals surface area contributed by atoms with Crippen LogP contribution in [-0.4, -0.2) is 39.8 Å². The van der Waals surface area contributed by atoms with E-state index in [9.17, 15) is 18.4 Å². The predicted molar refractivity (Wildman–Crippen MR) is 151 cm³/mol. The van der Waals surface area contributed by atoms with Crippen LogP contribution in [0.25, 0.3) is 10.9 Å². The predicted octanol–water partition coefficient (Wildman–Crippen LogP) is 6.53. The number of amides is 1. The molecule has 0 saturated heterocycles. The van der Waals surface area contributed by atoms with Gasteiger partial charge in [0.15, 0.2) is 0 Å². The summed E-state index contributed by atoms with van der Waals surface area (Å²) in [7, 11) is 0. The van der Waals surface area contributed by atoms with Crippen LogP contribution in [0.2, 0.25) is 0 Å². The molecule has 0 radical (unpaired) electrons. The largest absolute Gasteiger partial charge is 0.375 e. The monoisotopic (exact) mass is 557 g/mol. The Morgan fingerprint density at radius 3 is 2.54 bits per heavy atom. The molecule has 0 bridgehead atoms. The number of nitrogens with zero attached hydrogens (tertiary/aromatic N) is 1. The third kappa shape index (κ3) is 5.66. The molecule has 2 saturated carbocycles. The lowest BCUT2D eigenvalue weighted by atomic mass is 9.82. The molecule has 1 amide bonds. The van der Waals surface area contributed by atoms with Crippen molar-refractivity contribution in [3.8, 4) is 0 Å². The second-order valence-corrected chi connectivity index (χ2v) is 12.0. The molecule has 2 aromatic heterocycles. The van der Waals surface area contributed by atoms with Crippen LogP contribution in [0.3, 0.4) is 0 Å². The Labute approximate surface area is 231 Å². The maximum atomic E-state index is 13.6. The molecule has 2 aliphatic rings. The lowest BCUT2D eigenvalue weighted by molar-refractivity contribution is -0.186. The van der Waals surface area contributed by atoms with Gasteiger partial charge < -0.3 is 19.6 Å². The van der Waals surface area contributed by atoms with Crippen molar-refractivity contribution in [1.29, 1.82) is 0 Å². The van der Waals surface area contributed by atoms with E-state index in [-0.39, 0.29) is 49.1 Å². The number of alkyl halides is 2. The van der Waals surface area contributed by atoms with Crippen LogP contribution in [0, 0.1) is 19.8 Å². The SMILES string of the molecule is CSc1cc(C)[nH]c(=O)c1CNC(=O)c1c(C)n([C@H](C)C2CCC(OC3CC(F)(F)C3)CC2)c2ccccc12. The molecule has 2 fully saturated rings. The van der Waals surface area contributed by atoms with Gasteiger partial charge in [-0.3, -0.25) is 9.59 Å². The van der Waals surface area contributed by atoms with Gasteiger partial charge in [0.2, 0.25) is 0 Å². The number of para-hydroxylation sites is 1. The summed E-state index contributed by atoms with van der Waals surface area (Å²) < 4.78 is 34.6. The van der Waals surface area contributed by atoms with Gasteiger partial charge in [0.25, 0.3) is 17.4 Å². The number of aromatic amines is 1. The summed E-state index contributed by atoms with van der Waals surface area (Å²) in [5.74, 6) is -2.36. The smallest absolute Gasteiger partial charge is 0.254 e. The van der Waals surface area contributed by atoms with Crippen molar-refractivity contribution < 1.29 is 18.3 Å². The second-order valence-electron chi connectivity index (χ2n) is 11.2. The highest BCUT2D eigenvalue weighted by atomic mass is 32.2. The number of hydrogen-bond donors (Lipinski definition) is 2. The Hall–Kier alpha value is -2.65. The van der Waals surface area contributed by atoms with Crippen LogP contribution in [0.5, 0.6) is 0 Å². The molecule has 6 nitrogen and oxygen atoms in total. The number of fused-ring (bicyclic) bond motifs is 1. The number of carbonyl (C=O) groups excluding carboxylic acids is 1. The normalized spacial score (nSPS) is 22.0. The number of hydrogen-bond acceptors (Lipinski definition) is 4. The second kappa shape index (κ2) is 11.1. The first-order valence-electron chi connectivity index (χ1n) is 13.8. The Kier molecular flexibility index (Phi) is 7.93. The van der Waals surface area contributed by atoms with E-state index >= 15 is 0 Å². The molecule has 0 spiro atoms. The van der Waals surface area contributed by atoms with Crippen molar-refractivity contribution in [2.24, 2.45) is 5.92 Å². The van der Waals surface area contributed by atoms with Gasteiger partial charge in [-0.25, -0.2) is 8.78 Å². The number of halogens is 2. The number of nitrogens with one attached hydrogen (secondary N) is 2. The van der Waals surface area contributed by atoms with Gasteiger partial charge in [-0.1, -0.05) is 18.2 Å². The van der Waals surface area contributed by atoms with Gasteiger partial charge >= 0.3 is 0 Å². The van der Waals surface area contributed by atoms with Crippen LogP contribution in [0.1, 0.15) is 78.8 Å². The van der Waals surface area contributed by atoms with Crippen LogP contribution in [0.15, 0.2) is 40.0 Å². The van der Waals surface area contributed by atoms with Crippen molar-refractivity contribution in [3.05, 3.63) is 63.2 Å². The van der Waals surface area contributed by atoms with Crippen LogP contribution in [-0.2, 0) is 11.3 Å². The summed E-state index contributed by atoms with van der Waals surface area (Å²) in [4.78, 5) is 29.8. The number of thioether (sulfide) groups is 1.